The average Bonchev–Trinajstić information content (AvgIpc) is 2.85. The fraction of sp³-hybridized carbons (Fsp3) is 0.786. The zero-order chi connectivity index (χ0) is 16.2. The highest BCUT2D eigenvalue weighted by Gasteiger charge is 2.36. The van der Waals surface area contributed by atoms with Gasteiger partial charge in [-0.05, 0) is 32.1 Å². The Kier molecular flexibility index (Phi) is 6.14. The molecule has 1 saturated heterocycles. The monoisotopic (exact) mass is 299 g/mol. The maximum absolute atomic E-state index is 12.3. The van der Waals surface area contributed by atoms with Gasteiger partial charge in [0.15, 0.2) is 0 Å². The van der Waals surface area contributed by atoms with Gasteiger partial charge in [-0.15, -0.1) is 0 Å². The highest BCUT2D eigenvalue weighted by atomic mass is 16.4. The van der Waals surface area contributed by atoms with Crippen molar-refractivity contribution in [2.75, 3.05) is 6.54 Å². The van der Waals surface area contributed by atoms with Crippen LogP contribution in [0.2, 0.25) is 0 Å². The van der Waals surface area contributed by atoms with E-state index in [0.29, 0.717) is 25.3 Å². The molecule has 4 N–H and O–H groups in total. The summed E-state index contributed by atoms with van der Waals surface area (Å²) >= 11 is 0. The van der Waals surface area contributed by atoms with Crippen molar-refractivity contribution < 1.29 is 19.5 Å². The molecule has 3 unspecified atom stereocenters. The summed E-state index contributed by atoms with van der Waals surface area (Å²) in [5, 5.41) is 11.2. The molecule has 0 aromatic carbocycles. The number of amides is 2. The Hall–Kier alpha value is -1.63. The second kappa shape index (κ2) is 7.40. The standard InChI is InChI=1S/C14H25N3O4/c1-8(2)7-10(15)13(19)17-6-4-5-11(17)12(18)16-9(3)14(20)21/h8-11H,4-7,15H2,1-3H3,(H,16,18)(H,20,21). The van der Waals surface area contributed by atoms with Crippen molar-refractivity contribution in [3.05, 3.63) is 0 Å². The van der Waals surface area contributed by atoms with E-state index in [9.17, 15) is 14.4 Å². The molecule has 0 saturated carbocycles. The number of aliphatic carboxylic acids is 1. The number of rotatable bonds is 6. The van der Waals surface area contributed by atoms with Crippen LogP contribution in [0.1, 0.15) is 40.0 Å². The van der Waals surface area contributed by atoms with E-state index in [1.807, 2.05) is 13.8 Å². The maximum Gasteiger partial charge on any atom is 0.325 e. The summed E-state index contributed by atoms with van der Waals surface area (Å²) in [6.07, 6.45) is 1.83. The first-order valence-corrected chi connectivity index (χ1v) is 7.33. The van der Waals surface area contributed by atoms with Gasteiger partial charge in [-0.2, -0.15) is 0 Å². The predicted molar refractivity (Wildman–Crippen MR) is 77.4 cm³/mol. The summed E-state index contributed by atoms with van der Waals surface area (Å²) in [4.78, 5) is 36.7. The number of carbonyl (C=O) groups excluding carboxylic acids is 2. The highest BCUT2D eigenvalue weighted by molar-refractivity contribution is 5.92. The maximum atomic E-state index is 12.3. The molecule has 3 atom stereocenters. The zero-order valence-corrected chi connectivity index (χ0v) is 12.8. The van der Waals surface area contributed by atoms with Crippen LogP contribution in [-0.4, -0.2) is 52.5 Å². The molecule has 0 spiro atoms. The predicted octanol–water partition coefficient (Wildman–Crippen LogP) is -0.0599. The van der Waals surface area contributed by atoms with E-state index >= 15 is 0 Å². The lowest BCUT2D eigenvalue weighted by atomic mass is 10.0. The van der Waals surface area contributed by atoms with Gasteiger partial charge in [0.05, 0.1) is 6.04 Å². The topological polar surface area (TPSA) is 113 Å². The molecule has 7 nitrogen and oxygen atoms in total. The lowest BCUT2D eigenvalue weighted by Crippen LogP contribution is -2.53. The van der Waals surface area contributed by atoms with Crippen molar-refractivity contribution in [2.24, 2.45) is 11.7 Å². The number of carboxylic acids is 1. The summed E-state index contributed by atoms with van der Waals surface area (Å²) in [6.45, 7) is 5.85. The first kappa shape index (κ1) is 17.4. The lowest BCUT2D eigenvalue weighted by molar-refractivity contribution is -0.143. The quantitative estimate of drug-likeness (QED) is 0.636. The van der Waals surface area contributed by atoms with Crippen LogP contribution < -0.4 is 11.1 Å². The number of carboxylic acid groups (broad SMARTS) is 1. The Morgan fingerprint density at radius 1 is 1.33 bits per heavy atom. The van der Waals surface area contributed by atoms with Crippen LogP contribution in [0, 0.1) is 5.92 Å². The largest absolute Gasteiger partial charge is 0.480 e. The van der Waals surface area contributed by atoms with Gasteiger partial charge in [-0.1, -0.05) is 13.8 Å². The van der Waals surface area contributed by atoms with Gasteiger partial charge in [0.25, 0.3) is 0 Å². The molecular formula is C14H25N3O4. The molecule has 1 rings (SSSR count). The fourth-order valence-electron chi connectivity index (χ4n) is 2.50. The van der Waals surface area contributed by atoms with Gasteiger partial charge in [-0.3, -0.25) is 14.4 Å². The third-order valence-corrected chi connectivity index (χ3v) is 3.61. The number of hydrogen-bond donors (Lipinski definition) is 3. The van der Waals surface area contributed by atoms with Crippen LogP contribution in [0.3, 0.4) is 0 Å². The molecule has 120 valence electrons. The molecule has 1 fully saturated rings. The van der Waals surface area contributed by atoms with Crippen molar-refractivity contribution in [1.82, 2.24) is 10.2 Å². The van der Waals surface area contributed by atoms with Crippen molar-refractivity contribution in [2.45, 2.75) is 58.2 Å². The molecule has 2 amide bonds. The Morgan fingerprint density at radius 3 is 2.48 bits per heavy atom. The molecule has 0 radical (unpaired) electrons. The second-order valence-corrected chi connectivity index (χ2v) is 5.99. The van der Waals surface area contributed by atoms with Gasteiger partial charge < -0.3 is 21.1 Å². The first-order chi connectivity index (χ1) is 9.73. The van der Waals surface area contributed by atoms with E-state index in [4.69, 9.17) is 10.8 Å². The van der Waals surface area contributed by atoms with E-state index in [2.05, 4.69) is 5.32 Å². The van der Waals surface area contributed by atoms with Gasteiger partial charge in [-0.25, -0.2) is 0 Å². The minimum absolute atomic E-state index is 0.232. The Labute approximate surface area is 124 Å². The van der Waals surface area contributed by atoms with E-state index < -0.39 is 30.0 Å². The van der Waals surface area contributed by atoms with Gasteiger partial charge >= 0.3 is 5.97 Å². The Morgan fingerprint density at radius 2 is 1.95 bits per heavy atom. The van der Waals surface area contributed by atoms with E-state index in [1.165, 1.54) is 11.8 Å². The third-order valence-electron chi connectivity index (χ3n) is 3.61. The lowest BCUT2D eigenvalue weighted by Gasteiger charge is -2.27. The minimum Gasteiger partial charge on any atom is -0.480 e. The molecule has 0 aromatic heterocycles. The van der Waals surface area contributed by atoms with Crippen LogP contribution >= 0.6 is 0 Å². The number of carbonyl (C=O) groups is 3. The smallest absolute Gasteiger partial charge is 0.325 e. The fourth-order valence-corrected chi connectivity index (χ4v) is 2.50. The number of nitrogens with one attached hydrogen (secondary N) is 1. The van der Waals surface area contributed by atoms with Crippen LogP contribution in [0.15, 0.2) is 0 Å². The summed E-state index contributed by atoms with van der Waals surface area (Å²) in [5.41, 5.74) is 5.89. The molecule has 1 heterocycles. The van der Waals surface area contributed by atoms with E-state index in [-0.39, 0.29) is 5.91 Å². The molecule has 1 aliphatic heterocycles. The van der Waals surface area contributed by atoms with Crippen LogP contribution in [0.4, 0.5) is 0 Å². The van der Waals surface area contributed by atoms with Gasteiger partial charge in [0.1, 0.15) is 12.1 Å². The second-order valence-electron chi connectivity index (χ2n) is 5.99. The van der Waals surface area contributed by atoms with Crippen molar-refractivity contribution in [3.8, 4) is 0 Å². The number of likely N-dealkylation sites (tertiary alicyclic amines) is 1. The molecule has 0 aromatic rings. The summed E-state index contributed by atoms with van der Waals surface area (Å²) < 4.78 is 0. The first-order valence-electron chi connectivity index (χ1n) is 7.33. The average molecular weight is 299 g/mol. The number of hydrogen-bond acceptors (Lipinski definition) is 4. The molecule has 7 heteroatoms. The normalized spacial score (nSPS) is 21.2. The Balaban J connectivity index is 2.68. The summed E-state index contributed by atoms with van der Waals surface area (Å²) in [7, 11) is 0. The van der Waals surface area contributed by atoms with Crippen LogP contribution in [0.25, 0.3) is 0 Å². The van der Waals surface area contributed by atoms with Crippen LogP contribution in [-0.2, 0) is 14.4 Å². The van der Waals surface area contributed by atoms with E-state index in [1.54, 1.807) is 0 Å². The zero-order valence-electron chi connectivity index (χ0n) is 12.8. The molecule has 21 heavy (non-hydrogen) atoms. The molecule has 0 aliphatic carbocycles. The van der Waals surface area contributed by atoms with Crippen molar-refractivity contribution in [3.63, 3.8) is 0 Å². The van der Waals surface area contributed by atoms with Crippen LogP contribution in [0.5, 0.6) is 0 Å². The molecule has 0 bridgehead atoms. The van der Waals surface area contributed by atoms with Gasteiger partial charge in [0, 0.05) is 6.54 Å². The summed E-state index contributed by atoms with van der Waals surface area (Å²) in [6, 6.07) is -2.20. The highest BCUT2D eigenvalue weighted by Crippen LogP contribution is 2.19. The minimum atomic E-state index is -1.10. The third kappa shape index (κ3) is 4.70. The van der Waals surface area contributed by atoms with Crippen molar-refractivity contribution in [1.29, 1.82) is 0 Å². The van der Waals surface area contributed by atoms with E-state index in [0.717, 1.165) is 6.42 Å². The Bertz CT molecular complexity index is 411. The number of nitrogens with zero attached hydrogens (tertiary/aromatic N) is 1. The SMILES string of the molecule is CC(C)CC(N)C(=O)N1CCCC1C(=O)NC(C)C(=O)O. The van der Waals surface area contributed by atoms with Crippen molar-refractivity contribution >= 4 is 17.8 Å². The number of nitrogens with two attached hydrogens (primary N) is 1. The van der Waals surface area contributed by atoms with Gasteiger partial charge in [0.2, 0.25) is 11.8 Å². The summed E-state index contributed by atoms with van der Waals surface area (Å²) in [5.74, 6) is -1.46. The molecular weight excluding hydrogens is 274 g/mol. The molecule has 1 aliphatic rings.